The molecule has 0 bridgehead atoms. The van der Waals surface area contributed by atoms with Gasteiger partial charge in [0.15, 0.2) is 0 Å². The number of carbonyl (C=O) groups excluding carboxylic acids is 3. The maximum atomic E-state index is 13.8. The molecule has 3 aliphatic rings. The molecule has 0 spiro atoms. The van der Waals surface area contributed by atoms with E-state index in [0.29, 0.717) is 41.8 Å². The molecule has 6 rings (SSSR count). The van der Waals surface area contributed by atoms with Crippen LogP contribution in [0.15, 0.2) is 36.8 Å². The monoisotopic (exact) mass is 597 g/mol. The molecular formula is C28H32N5O6PS. The van der Waals surface area contributed by atoms with Crippen LogP contribution in [0.1, 0.15) is 64.5 Å². The van der Waals surface area contributed by atoms with Crippen LogP contribution in [-0.2, 0) is 20.3 Å². The van der Waals surface area contributed by atoms with Crippen LogP contribution in [0.4, 0.5) is 0 Å². The van der Waals surface area contributed by atoms with Crippen LogP contribution in [0.25, 0.3) is 10.1 Å². The molecule has 2 aromatic heterocycles. The van der Waals surface area contributed by atoms with Gasteiger partial charge in [-0.1, -0.05) is 6.07 Å². The van der Waals surface area contributed by atoms with Crippen molar-refractivity contribution in [3.63, 3.8) is 0 Å². The van der Waals surface area contributed by atoms with Gasteiger partial charge >= 0.3 is 7.60 Å². The van der Waals surface area contributed by atoms with E-state index in [1.807, 2.05) is 18.0 Å². The van der Waals surface area contributed by atoms with E-state index in [1.165, 1.54) is 17.7 Å². The van der Waals surface area contributed by atoms with Crippen molar-refractivity contribution in [3.05, 3.63) is 58.5 Å². The normalized spacial score (nSPS) is 23.3. The average molecular weight is 598 g/mol. The van der Waals surface area contributed by atoms with E-state index in [1.54, 1.807) is 29.2 Å². The van der Waals surface area contributed by atoms with Gasteiger partial charge in [0, 0.05) is 41.6 Å². The second-order valence-corrected chi connectivity index (χ2v) is 14.0. The van der Waals surface area contributed by atoms with Gasteiger partial charge in [-0.05, 0) is 73.7 Å². The third kappa shape index (κ3) is 5.66. The summed E-state index contributed by atoms with van der Waals surface area (Å²) in [5, 5.41) is 3.64. The van der Waals surface area contributed by atoms with Gasteiger partial charge in [0.2, 0.25) is 11.8 Å². The number of fused-ring (bicyclic) bond motifs is 2. The summed E-state index contributed by atoms with van der Waals surface area (Å²) in [5.74, 6) is -0.411. The van der Waals surface area contributed by atoms with Crippen LogP contribution in [0.3, 0.4) is 0 Å². The smallest absolute Gasteiger partial charge is 0.329 e. The maximum Gasteiger partial charge on any atom is 0.329 e. The number of benzene rings is 1. The van der Waals surface area contributed by atoms with Gasteiger partial charge in [-0.25, -0.2) is 9.97 Å². The number of likely N-dealkylation sites (tertiary alicyclic amines) is 1. The van der Waals surface area contributed by atoms with Gasteiger partial charge < -0.3 is 24.9 Å². The second kappa shape index (κ2) is 10.9. The molecule has 5 heterocycles. The molecule has 0 aliphatic carbocycles. The molecule has 3 amide bonds. The van der Waals surface area contributed by atoms with E-state index >= 15 is 0 Å². The number of thiophene rings is 1. The lowest BCUT2D eigenvalue weighted by Gasteiger charge is -2.42. The highest BCUT2D eigenvalue weighted by Crippen LogP contribution is 2.40. The summed E-state index contributed by atoms with van der Waals surface area (Å²) < 4.78 is 12.2. The fourth-order valence-electron chi connectivity index (χ4n) is 6.38. The van der Waals surface area contributed by atoms with Crippen molar-refractivity contribution in [1.29, 1.82) is 0 Å². The van der Waals surface area contributed by atoms with Crippen molar-refractivity contribution in [2.24, 2.45) is 0 Å². The highest BCUT2D eigenvalue weighted by molar-refractivity contribution is 7.50. The minimum absolute atomic E-state index is 0.00281. The number of hydrogen-bond donors (Lipinski definition) is 3. The Hall–Kier alpha value is -3.18. The SMILES string of the molecule is Cc1ncncc1C1CN(C(=O)[C@@H]2CC[C@@H]3CCC[C@H](NC(=O)c4cc5cc(CP(=O)(O)O)ccc5s4)C(=O)N32)C1. The molecular weight excluding hydrogens is 565 g/mol. The van der Waals surface area contributed by atoms with E-state index in [0.717, 1.165) is 35.2 Å². The predicted octanol–water partition coefficient (Wildman–Crippen LogP) is 2.95. The van der Waals surface area contributed by atoms with Crippen molar-refractivity contribution in [2.45, 2.75) is 69.2 Å². The summed E-state index contributed by atoms with van der Waals surface area (Å²) in [4.78, 5) is 71.5. The van der Waals surface area contributed by atoms with Gasteiger partial charge in [-0.15, -0.1) is 11.3 Å². The molecule has 0 unspecified atom stereocenters. The summed E-state index contributed by atoms with van der Waals surface area (Å²) >= 11 is 1.27. The molecule has 3 saturated heterocycles. The van der Waals surface area contributed by atoms with Gasteiger partial charge in [-0.2, -0.15) is 0 Å². The first-order chi connectivity index (χ1) is 19.6. The molecule has 216 valence electrons. The van der Waals surface area contributed by atoms with Crippen molar-refractivity contribution < 1.29 is 28.7 Å². The van der Waals surface area contributed by atoms with Crippen molar-refractivity contribution in [1.82, 2.24) is 25.1 Å². The molecule has 0 radical (unpaired) electrons. The van der Waals surface area contributed by atoms with E-state index in [2.05, 4.69) is 15.3 Å². The Balaban J connectivity index is 1.13. The summed E-state index contributed by atoms with van der Waals surface area (Å²) in [6.07, 6.45) is 6.44. The third-order valence-electron chi connectivity index (χ3n) is 8.45. The fraction of sp³-hybridized carbons (Fsp3) is 0.464. The highest BCUT2D eigenvalue weighted by Gasteiger charge is 2.47. The molecule has 0 saturated carbocycles. The number of nitrogens with one attached hydrogen (secondary N) is 1. The summed E-state index contributed by atoms with van der Waals surface area (Å²) in [5.41, 5.74) is 2.46. The Morgan fingerprint density at radius 3 is 2.71 bits per heavy atom. The second-order valence-electron chi connectivity index (χ2n) is 11.3. The van der Waals surface area contributed by atoms with E-state index < -0.39 is 19.7 Å². The van der Waals surface area contributed by atoms with Crippen molar-refractivity contribution in [3.8, 4) is 0 Å². The lowest BCUT2D eigenvalue weighted by atomic mass is 9.90. The number of amides is 3. The van der Waals surface area contributed by atoms with E-state index in [9.17, 15) is 28.7 Å². The van der Waals surface area contributed by atoms with Crippen molar-refractivity contribution >= 4 is 46.7 Å². The number of hydrogen-bond acceptors (Lipinski definition) is 7. The zero-order valence-corrected chi connectivity index (χ0v) is 24.3. The van der Waals surface area contributed by atoms with Gasteiger partial charge in [0.1, 0.15) is 18.4 Å². The van der Waals surface area contributed by atoms with E-state index in [4.69, 9.17) is 0 Å². The van der Waals surface area contributed by atoms with Gasteiger partial charge in [-0.3, -0.25) is 18.9 Å². The Bertz CT molecular complexity index is 1570. The van der Waals surface area contributed by atoms with Crippen LogP contribution in [0.2, 0.25) is 0 Å². The minimum Gasteiger partial charge on any atom is -0.340 e. The zero-order valence-electron chi connectivity index (χ0n) is 22.6. The first kappa shape index (κ1) is 28.0. The molecule has 13 heteroatoms. The number of aryl methyl sites for hydroxylation is 1. The number of rotatable bonds is 6. The fourth-order valence-corrected chi connectivity index (χ4v) is 7.99. The lowest BCUT2D eigenvalue weighted by molar-refractivity contribution is -0.148. The Labute approximate surface area is 241 Å². The molecule has 3 N–H and O–H groups in total. The third-order valence-corrected chi connectivity index (χ3v) is 10.3. The van der Waals surface area contributed by atoms with Crippen LogP contribution in [-0.4, -0.2) is 78.5 Å². The molecule has 3 atom stereocenters. The van der Waals surface area contributed by atoms with Gasteiger partial charge in [0.25, 0.3) is 5.91 Å². The van der Waals surface area contributed by atoms with Crippen LogP contribution < -0.4 is 5.32 Å². The zero-order chi connectivity index (χ0) is 28.9. The largest absolute Gasteiger partial charge is 0.340 e. The summed E-state index contributed by atoms with van der Waals surface area (Å²) in [6.45, 7) is 3.10. The molecule has 3 aliphatic heterocycles. The minimum atomic E-state index is -4.21. The van der Waals surface area contributed by atoms with Crippen LogP contribution in [0.5, 0.6) is 0 Å². The summed E-state index contributed by atoms with van der Waals surface area (Å²) in [6, 6.07) is 5.52. The molecule has 41 heavy (non-hydrogen) atoms. The molecule has 11 nitrogen and oxygen atoms in total. The molecule has 3 aromatic rings. The standard InChI is InChI=1S/C28H32N5O6PS/c1-16-21(11-29-15-30-16)19-12-32(13-19)28(36)23-7-6-20-3-2-4-22(27(35)33(20)23)31-26(34)25-10-18-9-17(14-40(37,38)39)5-8-24(18)41-25/h5,8-11,15,19-20,22-23H,2-4,6-7,12-14H2,1H3,(H,31,34)(H2,37,38,39)/t20-,22-,23-/m0/s1. The van der Waals surface area contributed by atoms with Crippen LogP contribution >= 0.6 is 18.9 Å². The quantitative estimate of drug-likeness (QED) is 0.367. The Kier molecular flexibility index (Phi) is 7.44. The summed E-state index contributed by atoms with van der Waals surface area (Å²) in [7, 11) is -4.21. The highest BCUT2D eigenvalue weighted by atomic mass is 32.1. The van der Waals surface area contributed by atoms with Crippen molar-refractivity contribution in [2.75, 3.05) is 13.1 Å². The van der Waals surface area contributed by atoms with E-state index in [-0.39, 0.29) is 35.8 Å². The Morgan fingerprint density at radius 2 is 1.95 bits per heavy atom. The maximum absolute atomic E-state index is 13.8. The average Bonchev–Trinajstić information content (AvgIpc) is 3.47. The molecule has 3 fully saturated rings. The first-order valence-corrected chi connectivity index (χ1v) is 16.4. The topological polar surface area (TPSA) is 153 Å². The first-order valence-electron chi connectivity index (χ1n) is 13.8. The van der Waals surface area contributed by atoms with Gasteiger partial charge in [0.05, 0.1) is 11.0 Å². The molecule has 1 aromatic carbocycles. The number of carbonyl (C=O) groups is 3. The van der Waals surface area contributed by atoms with Crippen LogP contribution in [0, 0.1) is 6.92 Å². The number of aromatic nitrogens is 2. The lowest BCUT2D eigenvalue weighted by Crippen LogP contribution is -2.58. The Morgan fingerprint density at radius 1 is 1.15 bits per heavy atom. The number of nitrogens with zero attached hydrogens (tertiary/aromatic N) is 4. The predicted molar refractivity (Wildman–Crippen MR) is 152 cm³/mol.